The molecule has 0 saturated carbocycles. The zero-order valence-corrected chi connectivity index (χ0v) is 15.2. The molecule has 8 heteroatoms. The maximum Gasteiger partial charge on any atom is 0.269 e. The van der Waals surface area contributed by atoms with Crippen molar-refractivity contribution in [3.63, 3.8) is 0 Å². The van der Waals surface area contributed by atoms with Crippen LogP contribution in [0.15, 0.2) is 54.6 Å². The van der Waals surface area contributed by atoms with E-state index < -0.39 is 29.9 Å². The standard InChI is InChI=1S/C20H22F2N2O4/c1-20(27,19(21)22)17(18(26)24-28)23-16(25)12-9-13-7-10-15(11-8-13)14-5-3-2-4-6-14/h2-8,10-11,17,19,27-28H,9,12H2,1H3,(H,23,25)(H,24,26)/t17-,20+/m1/s1. The Hall–Kier alpha value is -2.84. The van der Waals surface area contributed by atoms with Gasteiger partial charge in [0.1, 0.15) is 6.04 Å². The van der Waals surface area contributed by atoms with E-state index in [1.807, 2.05) is 54.6 Å². The van der Waals surface area contributed by atoms with Crippen molar-refractivity contribution in [2.75, 3.05) is 0 Å². The molecule has 0 aliphatic carbocycles. The normalized spacial score (nSPS) is 14.2. The first-order chi connectivity index (χ1) is 13.3. The molecule has 0 radical (unpaired) electrons. The van der Waals surface area contributed by atoms with Gasteiger partial charge >= 0.3 is 0 Å². The summed E-state index contributed by atoms with van der Waals surface area (Å²) in [6.45, 7) is 0.708. The van der Waals surface area contributed by atoms with E-state index in [2.05, 4.69) is 5.32 Å². The Kier molecular flexibility index (Phi) is 7.19. The molecule has 2 aromatic rings. The number of amides is 2. The maximum absolute atomic E-state index is 13.0. The SMILES string of the molecule is C[C@@](O)(C(F)F)[C@H](NC(=O)CCc1ccc(-c2ccccc2)cc1)C(=O)NO. The number of halogens is 2. The van der Waals surface area contributed by atoms with Gasteiger partial charge in [0, 0.05) is 6.42 Å². The monoisotopic (exact) mass is 392 g/mol. The number of aliphatic hydroxyl groups is 1. The smallest absolute Gasteiger partial charge is 0.269 e. The summed E-state index contributed by atoms with van der Waals surface area (Å²) < 4.78 is 26.0. The Morgan fingerprint density at radius 3 is 2.14 bits per heavy atom. The predicted octanol–water partition coefficient (Wildman–Crippen LogP) is 2.29. The zero-order chi connectivity index (χ0) is 20.7. The molecule has 2 rings (SSSR count). The second kappa shape index (κ2) is 9.38. The lowest BCUT2D eigenvalue weighted by Gasteiger charge is -2.30. The zero-order valence-electron chi connectivity index (χ0n) is 15.2. The van der Waals surface area contributed by atoms with Crippen molar-refractivity contribution >= 4 is 11.8 Å². The van der Waals surface area contributed by atoms with Crippen LogP contribution < -0.4 is 10.8 Å². The first-order valence-corrected chi connectivity index (χ1v) is 8.64. The van der Waals surface area contributed by atoms with Gasteiger partial charge in [0.2, 0.25) is 5.91 Å². The third kappa shape index (κ3) is 5.34. The van der Waals surface area contributed by atoms with Gasteiger partial charge < -0.3 is 10.4 Å². The second-order valence-electron chi connectivity index (χ2n) is 6.57. The van der Waals surface area contributed by atoms with Crippen molar-refractivity contribution in [1.29, 1.82) is 0 Å². The number of rotatable bonds is 8. The third-order valence-electron chi connectivity index (χ3n) is 4.41. The number of hydroxylamine groups is 1. The minimum atomic E-state index is -3.30. The number of alkyl halides is 2. The number of hydrogen-bond donors (Lipinski definition) is 4. The number of aryl methyl sites for hydroxylation is 1. The van der Waals surface area contributed by atoms with E-state index in [0.717, 1.165) is 16.7 Å². The van der Waals surface area contributed by atoms with Crippen LogP contribution in [0.25, 0.3) is 11.1 Å². The molecular weight excluding hydrogens is 370 g/mol. The van der Waals surface area contributed by atoms with Crippen molar-refractivity contribution in [1.82, 2.24) is 10.8 Å². The summed E-state index contributed by atoms with van der Waals surface area (Å²) in [6.07, 6.45) is -3.08. The number of carbonyl (C=O) groups excluding carboxylic acids is 2. The highest BCUT2D eigenvalue weighted by atomic mass is 19.3. The van der Waals surface area contributed by atoms with Gasteiger partial charge in [-0.15, -0.1) is 0 Å². The molecule has 0 saturated heterocycles. The summed E-state index contributed by atoms with van der Waals surface area (Å²) in [5.74, 6) is -2.03. The molecule has 2 aromatic carbocycles. The van der Waals surface area contributed by atoms with Gasteiger partial charge in [-0.3, -0.25) is 14.8 Å². The van der Waals surface area contributed by atoms with E-state index >= 15 is 0 Å². The average molecular weight is 392 g/mol. The van der Waals surface area contributed by atoms with E-state index in [-0.39, 0.29) is 6.42 Å². The molecule has 0 unspecified atom stereocenters. The third-order valence-corrected chi connectivity index (χ3v) is 4.41. The van der Waals surface area contributed by atoms with Crippen molar-refractivity contribution in [2.45, 2.75) is 37.8 Å². The van der Waals surface area contributed by atoms with Crippen LogP contribution in [0.2, 0.25) is 0 Å². The number of nitrogens with one attached hydrogen (secondary N) is 2. The molecule has 6 nitrogen and oxygen atoms in total. The molecule has 0 aliphatic heterocycles. The minimum Gasteiger partial charge on any atom is -0.381 e. The van der Waals surface area contributed by atoms with E-state index in [1.54, 1.807) is 0 Å². The predicted molar refractivity (Wildman–Crippen MR) is 98.7 cm³/mol. The molecule has 4 N–H and O–H groups in total. The minimum absolute atomic E-state index is 0.0841. The van der Waals surface area contributed by atoms with E-state index in [4.69, 9.17) is 5.21 Å². The lowest BCUT2D eigenvalue weighted by Crippen LogP contribution is -2.61. The van der Waals surface area contributed by atoms with Crippen molar-refractivity contribution in [3.8, 4) is 11.1 Å². The molecule has 150 valence electrons. The molecule has 0 bridgehead atoms. The van der Waals surface area contributed by atoms with Crippen LogP contribution in [0.5, 0.6) is 0 Å². The van der Waals surface area contributed by atoms with Crippen LogP contribution in [-0.4, -0.2) is 40.2 Å². The first-order valence-electron chi connectivity index (χ1n) is 8.64. The molecule has 0 heterocycles. The van der Waals surface area contributed by atoms with Crippen LogP contribution in [0.1, 0.15) is 18.9 Å². The lowest BCUT2D eigenvalue weighted by atomic mass is 9.95. The van der Waals surface area contributed by atoms with Crippen molar-refractivity contribution in [3.05, 3.63) is 60.2 Å². The van der Waals surface area contributed by atoms with Crippen LogP contribution in [-0.2, 0) is 16.0 Å². The fourth-order valence-electron chi connectivity index (χ4n) is 2.65. The van der Waals surface area contributed by atoms with Crippen LogP contribution in [0, 0.1) is 0 Å². The molecule has 2 amide bonds. The van der Waals surface area contributed by atoms with Gasteiger partial charge in [0.15, 0.2) is 5.60 Å². The Morgan fingerprint density at radius 1 is 1.04 bits per heavy atom. The summed E-state index contributed by atoms with van der Waals surface area (Å²) >= 11 is 0. The Morgan fingerprint density at radius 2 is 1.61 bits per heavy atom. The second-order valence-corrected chi connectivity index (χ2v) is 6.57. The topological polar surface area (TPSA) is 98.7 Å². The molecule has 0 spiro atoms. The van der Waals surface area contributed by atoms with Gasteiger partial charge in [-0.25, -0.2) is 14.3 Å². The van der Waals surface area contributed by atoms with E-state index in [9.17, 15) is 23.5 Å². The molecule has 0 fully saturated rings. The number of benzene rings is 2. The van der Waals surface area contributed by atoms with Crippen LogP contribution >= 0.6 is 0 Å². The molecule has 28 heavy (non-hydrogen) atoms. The summed E-state index contributed by atoms with van der Waals surface area (Å²) in [4.78, 5) is 23.7. The van der Waals surface area contributed by atoms with Gasteiger partial charge in [0.25, 0.3) is 12.3 Å². The fourth-order valence-corrected chi connectivity index (χ4v) is 2.65. The quantitative estimate of drug-likeness (QED) is 0.409. The Bertz CT molecular complexity index is 796. The maximum atomic E-state index is 13.0. The fraction of sp³-hybridized carbons (Fsp3) is 0.300. The highest BCUT2D eigenvalue weighted by Gasteiger charge is 2.46. The first kappa shape index (κ1) is 21.5. The summed E-state index contributed by atoms with van der Waals surface area (Å²) in [7, 11) is 0. The van der Waals surface area contributed by atoms with Gasteiger partial charge in [-0.1, -0.05) is 54.6 Å². The molecular formula is C20H22F2N2O4. The van der Waals surface area contributed by atoms with Crippen LogP contribution in [0.4, 0.5) is 8.78 Å². The highest BCUT2D eigenvalue weighted by Crippen LogP contribution is 2.21. The average Bonchev–Trinajstić information content (AvgIpc) is 2.70. The Balaban J connectivity index is 1.98. The lowest BCUT2D eigenvalue weighted by molar-refractivity contribution is -0.154. The van der Waals surface area contributed by atoms with Gasteiger partial charge in [-0.05, 0) is 30.0 Å². The Labute approximate surface area is 161 Å². The van der Waals surface area contributed by atoms with Crippen LogP contribution in [0.3, 0.4) is 0 Å². The molecule has 0 aliphatic rings. The molecule has 2 atom stereocenters. The summed E-state index contributed by atoms with van der Waals surface area (Å²) in [6, 6.07) is 15.3. The largest absolute Gasteiger partial charge is 0.381 e. The number of hydrogen-bond acceptors (Lipinski definition) is 4. The van der Waals surface area contributed by atoms with Crippen molar-refractivity contribution in [2.24, 2.45) is 0 Å². The van der Waals surface area contributed by atoms with Gasteiger partial charge in [0.05, 0.1) is 0 Å². The van der Waals surface area contributed by atoms with Crippen molar-refractivity contribution < 1.29 is 28.7 Å². The summed E-state index contributed by atoms with van der Waals surface area (Å²) in [5.41, 5.74) is 1.26. The van der Waals surface area contributed by atoms with E-state index in [1.165, 1.54) is 5.48 Å². The molecule has 0 aromatic heterocycles. The number of carbonyl (C=O) groups is 2. The van der Waals surface area contributed by atoms with Gasteiger partial charge in [-0.2, -0.15) is 0 Å². The highest BCUT2D eigenvalue weighted by molar-refractivity contribution is 5.88. The summed E-state index contributed by atoms with van der Waals surface area (Å²) in [5, 5.41) is 20.5. The van der Waals surface area contributed by atoms with E-state index in [0.29, 0.717) is 13.3 Å².